The largest absolute Gasteiger partial charge is 0.748 e. The van der Waals surface area contributed by atoms with Gasteiger partial charge in [0.1, 0.15) is 11.2 Å². The fraction of sp³-hybridized carbons (Fsp3) is 0.164. The smallest absolute Gasteiger partial charge is 0.218 e. The van der Waals surface area contributed by atoms with Gasteiger partial charge in [-0.1, -0.05) is 163 Å². The van der Waals surface area contributed by atoms with Crippen LogP contribution >= 0.6 is 0 Å². The van der Waals surface area contributed by atoms with E-state index in [9.17, 15) is 0 Å². The number of nitrogens with zero attached hydrogens (tertiary/aromatic N) is 4. The monoisotopic (exact) mass is 1520 g/mol. The van der Waals surface area contributed by atoms with Crippen LogP contribution < -0.4 is 10.4 Å². The van der Waals surface area contributed by atoms with Crippen LogP contribution in [0.15, 0.2) is 221 Å². The predicted molar refractivity (Wildman–Crippen MR) is 343 cm³/mol. The molecular formula is C67H74Ir2N4O7SSi2-4. The van der Waals surface area contributed by atoms with E-state index >= 15 is 0 Å². The van der Waals surface area contributed by atoms with E-state index < -0.39 is 26.3 Å². The van der Waals surface area contributed by atoms with Crippen molar-refractivity contribution in [3.63, 3.8) is 0 Å². The van der Waals surface area contributed by atoms with Crippen LogP contribution in [-0.2, 0) is 50.3 Å². The molecule has 0 aliphatic rings. The van der Waals surface area contributed by atoms with E-state index in [-0.39, 0.29) is 56.5 Å². The van der Waals surface area contributed by atoms with Gasteiger partial charge in [0.25, 0.3) is 0 Å². The molecule has 0 saturated carbocycles. The van der Waals surface area contributed by atoms with Gasteiger partial charge < -0.3 is 28.6 Å². The molecule has 12 rings (SSSR count). The SMILES string of the molecule is C.C.CO.CO.CS(=O)(=O)[O-].C[Si](C)(C)c1ccc[c-]c1-c1ccc2c(n1)oc1ccccc12.C[Si](C)(C)c1ccc[c-]c1-c1ccc2c(n1)oc1ccccc12.[2HH].[Ir].[Ir].[c-]1ccccc1-c1ccccn1.c1ccc(-c2ccccn2)cc1. The Hall–Kier alpha value is -6.92. The Balaban J connectivity index is 0.000000541. The first kappa shape index (κ1) is 72.2. The summed E-state index contributed by atoms with van der Waals surface area (Å²) in [6, 6.07) is 76.7. The van der Waals surface area contributed by atoms with Gasteiger partial charge in [0, 0.05) is 118 Å². The molecule has 0 saturated heterocycles. The number of aliphatic hydroxyl groups excluding tert-OH is 2. The van der Waals surface area contributed by atoms with Crippen molar-refractivity contribution in [3.8, 4) is 45.0 Å². The van der Waals surface area contributed by atoms with Crippen molar-refractivity contribution in [2.75, 3.05) is 20.5 Å². The summed E-state index contributed by atoms with van der Waals surface area (Å²) in [7, 11) is -4.84. The molecule has 0 aliphatic carbocycles. The summed E-state index contributed by atoms with van der Waals surface area (Å²) in [6.07, 6.45) is 4.20. The summed E-state index contributed by atoms with van der Waals surface area (Å²) in [5.74, 6) is 0. The van der Waals surface area contributed by atoms with Crippen LogP contribution in [0.5, 0.6) is 0 Å². The minimum atomic E-state index is -3.92. The topological polar surface area (TPSA) is 175 Å². The number of hydrogen-bond donors (Lipinski definition) is 2. The Morgan fingerprint density at radius 2 is 0.831 bits per heavy atom. The molecule has 0 atom stereocenters. The van der Waals surface area contributed by atoms with E-state index in [4.69, 9.17) is 42.0 Å². The van der Waals surface area contributed by atoms with Crippen molar-refractivity contribution < 1.29 is 73.7 Å². The molecule has 0 amide bonds. The average Bonchev–Trinajstić information content (AvgIpc) is 2.55. The standard InChI is InChI=1S/2C20H18NOSi.C11H9N.C11H8N.CH4O3S.2CH4O.2CH4.2Ir.H2/c2*1-23(2,3)19-11-7-5-9-16(19)17-13-12-15-14-8-4-6-10-18(14)22-20(15)21-17;2*1-2-6-10(7-3-1)11-8-4-5-9-12-11;1-5(2,3)4;2*1-2;;;;;/h2*4-8,10-13H,1-3H3;1-9H;1-6,8-9H;1H3,(H,2,3,4);2*2H,1H3;2*1H4;;;1H/q2*-1;;-1;;;;;;;;/p-1/i;;;;;;;;;;;1+1. The van der Waals surface area contributed by atoms with Gasteiger partial charge in [-0.25, -0.2) is 8.42 Å². The summed E-state index contributed by atoms with van der Waals surface area (Å²) in [5, 5.41) is 21.1. The van der Waals surface area contributed by atoms with Gasteiger partial charge in [-0.15, -0.1) is 106 Å². The van der Waals surface area contributed by atoms with Crippen LogP contribution in [-0.4, -0.2) is 79.7 Å². The second-order valence-corrected chi connectivity index (χ2v) is 31.0. The molecule has 2 radical (unpaired) electrons. The van der Waals surface area contributed by atoms with E-state index in [1.165, 1.54) is 10.4 Å². The van der Waals surface area contributed by atoms with Crippen LogP contribution in [0.1, 0.15) is 16.3 Å². The van der Waals surface area contributed by atoms with Gasteiger partial charge >= 0.3 is 0 Å². The quantitative estimate of drug-likeness (QED) is 0.0920. The van der Waals surface area contributed by atoms with Crippen molar-refractivity contribution >= 4 is 80.8 Å². The predicted octanol–water partition coefficient (Wildman–Crippen LogP) is 15.2. The fourth-order valence-corrected chi connectivity index (χ4v) is 11.3. The fourth-order valence-electron chi connectivity index (χ4n) is 8.25. The van der Waals surface area contributed by atoms with Crippen molar-refractivity contribution in [3.05, 3.63) is 231 Å². The number of benzene rings is 6. The minimum Gasteiger partial charge on any atom is -0.748 e. The van der Waals surface area contributed by atoms with Gasteiger partial charge in [0.05, 0.1) is 15.8 Å². The minimum absolute atomic E-state index is 0. The Bertz CT molecular complexity index is 3600. The molecule has 0 fully saturated rings. The molecule has 12 aromatic rings. The van der Waals surface area contributed by atoms with Crippen molar-refractivity contribution in [2.24, 2.45) is 0 Å². The number of hydrogen-bond acceptors (Lipinski definition) is 11. The Morgan fingerprint density at radius 1 is 0.446 bits per heavy atom. The van der Waals surface area contributed by atoms with Crippen LogP contribution in [0.25, 0.3) is 89.2 Å². The maximum Gasteiger partial charge on any atom is 0.218 e. The number of aliphatic hydroxyl groups is 2. The zero-order chi connectivity index (χ0) is 57.0. The van der Waals surface area contributed by atoms with Gasteiger partial charge in [0.15, 0.2) is 0 Å². The van der Waals surface area contributed by atoms with Crippen molar-refractivity contribution in [2.45, 2.75) is 54.1 Å². The van der Waals surface area contributed by atoms with Gasteiger partial charge in [-0.2, -0.15) is 0 Å². The van der Waals surface area contributed by atoms with Crippen LogP contribution in [0.4, 0.5) is 0 Å². The molecule has 2 N–H and O–H groups in total. The van der Waals surface area contributed by atoms with E-state index in [2.05, 4.69) is 140 Å². The third-order valence-electron chi connectivity index (χ3n) is 11.7. The second kappa shape index (κ2) is 34.6. The number of aromatic nitrogens is 4. The van der Waals surface area contributed by atoms with Gasteiger partial charge in [-0.05, 0) is 47.4 Å². The van der Waals surface area contributed by atoms with Crippen LogP contribution in [0, 0.1) is 18.2 Å². The third kappa shape index (κ3) is 20.7. The Morgan fingerprint density at radius 3 is 1.23 bits per heavy atom. The summed E-state index contributed by atoms with van der Waals surface area (Å²) in [5.41, 5.74) is 11.5. The molecular weight excluding hydrogens is 1450 g/mol. The Kier molecular flexibility index (Phi) is 30.1. The van der Waals surface area contributed by atoms with Crippen LogP contribution in [0.3, 0.4) is 0 Å². The number of fused-ring (bicyclic) bond motifs is 6. The maximum absolute atomic E-state index is 9.08. The molecule has 6 aromatic carbocycles. The maximum atomic E-state index is 9.08. The summed E-state index contributed by atoms with van der Waals surface area (Å²) >= 11 is 0. The normalized spacial score (nSPS) is 10.4. The van der Waals surface area contributed by atoms with E-state index in [1.807, 2.05) is 134 Å². The average molecular weight is 1520 g/mol. The number of rotatable bonds is 6. The first-order valence-electron chi connectivity index (χ1n) is 25.3. The van der Waals surface area contributed by atoms with Crippen molar-refractivity contribution in [1.29, 1.82) is 0 Å². The molecule has 83 heavy (non-hydrogen) atoms. The third-order valence-corrected chi connectivity index (χ3v) is 15.8. The first-order chi connectivity index (χ1) is 38.0. The van der Waals surface area contributed by atoms with Gasteiger partial charge in [-0.3, -0.25) is 15.0 Å². The molecule has 440 valence electrons. The van der Waals surface area contributed by atoms with Crippen LogP contribution in [0.2, 0.25) is 39.3 Å². The summed E-state index contributed by atoms with van der Waals surface area (Å²) in [4.78, 5) is 18.0. The van der Waals surface area contributed by atoms with E-state index in [0.29, 0.717) is 17.7 Å². The molecule has 0 aliphatic heterocycles. The van der Waals surface area contributed by atoms with Crippen molar-refractivity contribution in [1.82, 2.24) is 19.9 Å². The molecule has 6 aromatic heterocycles. The van der Waals surface area contributed by atoms with E-state index in [0.717, 1.165) is 92.0 Å². The molecule has 0 spiro atoms. The van der Waals surface area contributed by atoms with Gasteiger partial charge in [0.2, 0.25) is 11.4 Å². The molecule has 16 heteroatoms. The Labute approximate surface area is 521 Å². The molecule has 6 heterocycles. The number of para-hydroxylation sites is 2. The molecule has 0 bridgehead atoms. The van der Waals surface area contributed by atoms with E-state index in [1.54, 1.807) is 6.20 Å². The molecule has 11 nitrogen and oxygen atoms in total. The zero-order valence-electron chi connectivity index (χ0n) is 46.5. The first-order valence-corrected chi connectivity index (χ1v) is 34.1. The number of furan rings is 2. The second-order valence-electron chi connectivity index (χ2n) is 19.5. The summed E-state index contributed by atoms with van der Waals surface area (Å²) < 4.78 is 39.1. The zero-order valence-corrected chi connectivity index (χ0v) is 54.1. The molecule has 0 unspecified atom stereocenters. The number of pyridine rings is 4. The summed E-state index contributed by atoms with van der Waals surface area (Å²) in [6.45, 7) is 14.1.